The van der Waals surface area contributed by atoms with E-state index in [0.717, 1.165) is 39.0 Å². The van der Waals surface area contributed by atoms with Crippen molar-refractivity contribution in [2.24, 2.45) is 0 Å². The maximum atomic E-state index is 11.3. The highest BCUT2D eigenvalue weighted by atomic mass is 16.5. The van der Waals surface area contributed by atoms with Crippen molar-refractivity contribution in [1.82, 2.24) is 4.90 Å². The Labute approximate surface area is 77.5 Å². The van der Waals surface area contributed by atoms with Crippen molar-refractivity contribution in [3.05, 3.63) is 0 Å². The molecule has 74 valence electrons. The SMILES string of the molecule is O=C(CO)N1CCC12CCOCC2. The Balaban J connectivity index is 2.02. The Morgan fingerprint density at radius 3 is 2.54 bits per heavy atom. The summed E-state index contributed by atoms with van der Waals surface area (Å²) in [4.78, 5) is 13.1. The lowest BCUT2D eigenvalue weighted by atomic mass is 9.78. The molecule has 1 N–H and O–H groups in total. The summed E-state index contributed by atoms with van der Waals surface area (Å²) in [7, 11) is 0. The van der Waals surface area contributed by atoms with Gasteiger partial charge in [-0.3, -0.25) is 4.79 Å². The lowest BCUT2D eigenvalue weighted by Gasteiger charge is -2.54. The number of nitrogens with zero attached hydrogens (tertiary/aromatic N) is 1. The van der Waals surface area contributed by atoms with Gasteiger partial charge in [0.15, 0.2) is 0 Å². The van der Waals surface area contributed by atoms with Crippen LogP contribution < -0.4 is 0 Å². The van der Waals surface area contributed by atoms with Gasteiger partial charge in [0, 0.05) is 25.3 Å². The number of carbonyl (C=O) groups excluding carboxylic acids is 1. The molecule has 2 heterocycles. The Morgan fingerprint density at radius 2 is 2.08 bits per heavy atom. The number of rotatable bonds is 1. The number of carbonyl (C=O) groups is 1. The molecule has 0 radical (unpaired) electrons. The van der Waals surface area contributed by atoms with E-state index >= 15 is 0 Å². The van der Waals surface area contributed by atoms with Crippen LogP contribution in [0.25, 0.3) is 0 Å². The van der Waals surface area contributed by atoms with E-state index in [0.29, 0.717) is 0 Å². The van der Waals surface area contributed by atoms with Crippen LogP contribution in [0.15, 0.2) is 0 Å². The minimum absolute atomic E-state index is 0.0397. The maximum Gasteiger partial charge on any atom is 0.248 e. The summed E-state index contributed by atoms with van der Waals surface area (Å²) in [6.07, 6.45) is 2.93. The summed E-state index contributed by atoms with van der Waals surface area (Å²) in [5, 5.41) is 8.76. The fourth-order valence-electron chi connectivity index (χ4n) is 2.29. The van der Waals surface area contributed by atoms with Gasteiger partial charge in [-0.25, -0.2) is 0 Å². The monoisotopic (exact) mass is 185 g/mol. The molecule has 1 amide bonds. The van der Waals surface area contributed by atoms with Crippen LogP contribution >= 0.6 is 0 Å². The van der Waals surface area contributed by atoms with Crippen LogP contribution in [0, 0.1) is 0 Å². The number of hydrogen-bond acceptors (Lipinski definition) is 3. The average molecular weight is 185 g/mol. The van der Waals surface area contributed by atoms with Gasteiger partial charge in [-0.15, -0.1) is 0 Å². The lowest BCUT2D eigenvalue weighted by molar-refractivity contribution is -0.159. The normalized spacial score (nSPS) is 25.8. The molecule has 2 saturated heterocycles. The quantitative estimate of drug-likeness (QED) is 0.613. The van der Waals surface area contributed by atoms with Gasteiger partial charge in [0.25, 0.3) is 0 Å². The first-order valence-electron chi connectivity index (χ1n) is 4.78. The van der Waals surface area contributed by atoms with Crippen molar-refractivity contribution < 1.29 is 14.6 Å². The third kappa shape index (κ3) is 1.34. The molecule has 0 aromatic rings. The van der Waals surface area contributed by atoms with Crippen LogP contribution in [0.1, 0.15) is 19.3 Å². The van der Waals surface area contributed by atoms with E-state index in [1.165, 1.54) is 0 Å². The summed E-state index contributed by atoms with van der Waals surface area (Å²) in [5.41, 5.74) is 0.0397. The van der Waals surface area contributed by atoms with Crippen LogP contribution in [-0.2, 0) is 9.53 Å². The molecule has 2 aliphatic rings. The molecular weight excluding hydrogens is 170 g/mol. The minimum Gasteiger partial charge on any atom is -0.387 e. The largest absolute Gasteiger partial charge is 0.387 e. The smallest absolute Gasteiger partial charge is 0.248 e. The number of ether oxygens (including phenoxy) is 1. The Hall–Kier alpha value is -0.610. The number of aliphatic hydroxyl groups excluding tert-OH is 1. The van der Waals surface area contributed by atoms with E-state index in [-0.39, 0.29) is 18.1 Å². The third-order valence-corrected chi connectivity index (χ3v) is 3.23. The van der Waals surface area contributed by atoms with Crippen molar-refractivity contribution in [3.8, 4) is 0 Å². The van der Waals surface area contributed by atoms with Gasteiger partial charge in [-0.2, -0.15) is 0 Å². The molecule has 1 spiro atoms. The number of hydrogen-bond donors (Lipinski definition) is 1. The molecule has 2 aliphatic heterocycles. The number of aliphatic hydroxyl groups is 1. The van der Waals surface area contributed by atoms with Crippen LogP contribution in [0.3, 0.4) is 0 Å². The molecule has 0 aromatic carbocycles. The topological polar surface area (TPSA) is 49.8 Å². The van der Waals surface area contributed by atoms with Gasteiger partial charge in [0.05, 0.1) is 0 Å². The van der Waals surface area contributed by atoms with Crippen molar-refractivity contribution in [1.29, 1.82) is 0 Å². The zero-order valence-corrected chi connectivity index (χ0v) is 7.66. The maximum absolute atomic E-state index is 11.3. The van der Waals surface area contributed by atoms with Gasteiger partial charge in [0.1, 0.15) is 6.61 Å². The van der Waals surface area contributed by atoms with E-state index in [1.54, 1.807) is 0 Å². The summed E-state index contributed by atoms with van der Waals surface area (Å²) in [6.45, 7) is 1.94. The Bertz CT molecular complexity index is 211. The van der Waals surface area contributed by atoms with Crippen LogP contribution in [0.2, 0.25) is 0 Å². The van der Waals surface area contributed by atoms with Gasteiger partial charge in [-0.05, 0) is 19.3 Å². The highest BCUT2D eigenvalue weighted by Crippen LogP contribution is 2.39. The highest BCUT2D eigenvalue weighted by molar-refractivity contribution is 5.79. The van der Waals surface area contributed by atoms with Gasteiger partial charge in [0.2, 0.25) is 5.91 Å². The van der Waals surface area contributed by atoms with Crippen LogP contribution in [0.5, 0.6) is 0 Å². The summed E-state index contributed by atoms with van der Waals surface area (Å²) in [6, 6.07) is 0. The van der Waals surface area contributed by atoms with Gasteiger partial charge in [-0.1, -0.05) is 0 Å². The first-order chi connectivity index (χ1) is 6.28. The van der Waals surface area contributed by atoms with Gasteiger partial charge < -0.3 is 14.7 Å². The predicted octanol–water partition coefficient (Wildman–Crippen LogP) is -0.240. The second-order valence-electron chi connectivity index (χ2n) is 3.79. The third-order valence-electron chi connectivity index (χ3n) is 3.23. The summed E-state index contributed by atoms with van der Waals surface area (Å²) < 4.78 is 5.26. The first-order valence-corrected chi connectivity index (χ1v) is 4.78. The van der Waals surface area contributed by atoms with Gasteiger partial charge >= 0.3 is 0 Å². The zero-order chi connectivity index (χ0) is 9.31. The molecule has 4 nitrogen and oxygen atoms in total. The second kappa shape index (κ2) is 3.27. The molecule has 2 fully saturated rings. The second-order valence-corrected chi connectivity index (χ2v) is 3.79. The van der Waals surface area contributed by atoms with E-state index < -0.39 is 0 Å². The van der Waals surface area contributed by atoms with Crippen molar-refractivity contribution >= 4 is 5.91 Å². The van der Waals surface area contributed by atoms with Crippen molar-refractivity contribution in [3.63, 3.8) is 0 Å². The predicted molar refractivity (Wildman–Crippen MR) is 46.2 cm³/mol. The Morgan fingerprint density at radius 1 is 1.38 bits per heavy atom. The van der Waals surface area contributed by atoms with E-state index in [9.17, 15) is 4.79 Å². The first kappa shape index (κ1) is 8.97. The summed E-state index contributed by atoms with van der Waals surface area (Å²) in [5.74, 6) is -0.131. The fraction of sp³-hybridized carbons (Fsp3) is 0.889. The molecular formula is C9H15NO3. The lowest BCUT2D eigenvalue weighted by Crippen LogP contribution is -2.64. The highest BCUT2D eigenvalue weighted by Gasteiger charge is 2.47. The van der Waals surface area contributed by atoms with E-state index in [2.05, 4.69) is 0 Å². The number of likely N-dealkylation sites (tertiary alicyclic amines) is 1. The van der Waals surface area contributed by atoms with Crippen LogP contribution in [0.4, 0.5) is 0 Å². The minimum atomic E-state index is -0.359. The number of amides is 1. The molecule has 13 heavy (non-hydrogen) atoms. The standard InChI is InChI=1S/C9H15NO3/c11-7-8(12)10-4-1-9(10)2-5-13-6-3-9/h11H,1-7H2. The molecule has 0 aromatic heterocycles. The van der Waals surface area contributed by atoms with E-state index in [4.69, 9.17) is 9.84 Å². The zero-order valence-electron chi connectivity index (χ0n) is 7.66. The van der Waals surface area contributed by atoms with Crippen LogP contribution in [-0.4, -0.2) is 47.8 Å². The Kier molecular flexibility index (Phi) is 2.26. The molecule has 0 atom stereocenters. The van der Waals surface area contributed by atoms with Crippen molar-refractivity contribution in [2.45, 2.75) is 24.8 Å². The fourth-order valence-corrected chi connectivity index (χ4v) is 2.29. The molecule has 2 rings (SSSR count). The average Bonchev–Trinajstić information content (AvgIpc) is 2.17. The molecule has 0 aliphatic carbocycles. The molecule has 0 saturated carbocycles. The van der Waals surface area contributed by atoms with E-state index in [1.807, 2.05) is 4.90 Å². The molecule has 0 unspecified atom stereocenters. The summed E-state index contributed by atoms with van der Waals surface area (Å²) >= 11 is 0. The van der Waals surface area contributed by atoms with Crippen molar-refractivity contribution in [2.75, 3.05) is 26.4 Å². The molecule has 0 bridgehead atoms. The molecule has 4 heteroatoms.